The number of esters is 1. The monoisotopic (exact) mass is 214 g/mol. The van der Waals surface area contributed by atoms with Crippen molar-refractivity contribution in [1.82, 2.24) is 0 Å². The van der Waals surface area contributed by atoms with Gasteiger partial charge >= 0.3 is 5.97 Å². The van der Waals surface area contributed by atoms with Gasteiger partial charge in [-0.3, -0.25) is 4.79 Å². The maximum Gasteiger partial charge on any atom is 0.302 e. The third-order valence-corrected chi connectivity index (χ3v) is 4.40. The number of carbonyl (C=O) groups excluding carboxylic acids is 1. The van der Waals surface area contributed by atoms with Crippen LogP contribution in [0, 0.1) is 10.8 Å². The smallest absolute Gasteiger partial charge is 0.302 e. The highest BCUT2D eigenvalue weighted by Crippen LogP contribution is 2.47. The van der Waals surface area contributed by atoms with Gasteiger partial charge in [-0.15, -0.1) is 0 Å². The van der Waals surface area contributed by atoms with E-state index in [0.717, 1.165) is 12.8 Å². The highest BCUT2D eigenvalue weighted by Gasteiger charge is 2.44. The molecule has 0 bridgehead atoms. The average molecular weight is 214 g/mol. The quantitative estimate of drug-likeness (QED) is 0.651. The highest BCUT2D eigenvalue weighted by atomic mass is 16.5. The van der Waals surface area contributed by atoms with Crippen molar-refractivity contribution >= 4 is 5.97 Å². The van der Waals surface area contributed by atoms with E-state index in [0.29, 0.717) is 0 Å². The summed E-state index contributed by atoms with van der Waals surface area (Å²) in [7, 11) is 0. The Kier molecular flexibility index (Phi) is 4.82. The molecule has 90 valence electrons. The Bertz CT molecular complexity index is 221. The normalized spacial score (nSPS) is 18.1. The fraction of sp³-hybridized carbons (Fsp3) is 0.923. The predicted octanol–water partition coefficient (Wildman–Crippen LogP) is 3.79. The molecule has 0 radical (unpaired) electrons. The molecule has 0 saturated heterocycles. The van der Waals surface area contributed by atoms with Gasteiger partial charge in [0.1, 0.15) is 6.10 Å². The van der Waals surface area contributed by atoms with Crippen LogP contribution in [0.25, 0.3) is 0 Å². The average Bonchev–Trinajstić information content (AvgIpc) is 2.15. The Balaban J connectivity index is 4.91. The first kappa shape index (κ1) is 14.5. The molecular weight excluding hydrogens is 188 g/mol. The van der Waals surface area contributed by atoms with Crippen molar-refractivity contribution in [2.75, 3.05) is 0 Å². The van der Waals surface area contributed by atoms with Crippen molar-refractivity contribution in [3.8, 4) is 0 Å². The minimum Gasteiger partial charge on any atom is -0.462 e. The Morgan fingerprint density at radius 2 is 1.67 bits per heavy atom. The zero-order valence-electron chi connectivity index (χ0n) is 11.3. The number of rotatable bonds is 5. The molecule has 15 heavy (non-hydrogen) atoms. The molecule has 1 unspecified atom stereocenters. The summed E-state index contributed by atoms with van der Waals surface area (Å²) in [4.78, 5) is 11.0. The second-order valence-corrected chi connectivity index (χ2v) is 5.26. The van der Waals surface area contributed by atoms with Crippen LogP contribution >= 0.6 is 0 Å². The third kappa shape index (κ3) is 2.96. The molecule has 2 heteroatoms. The van der Waals surface area contributed by atoms with Gasteiger partial charge < -0.3 is 4.74 Å². The van der Waals surface area contributed by atoms with E-state index in [1.807, 2.05) is 6.92 Å². The lowest BCUT2D eigenvalue weighted by molar-refractivity contribution is -0.158. The first-order chi connectivity index (χ1) is 6.71. The van der Waals surface area contributed by atoms with Crippen LogP contribution in [0.3, 0.4) is 0 Å². The largest absolute Gasteiger partial charge is 0.462 e. The predicted molar refractivity (Wildman–Crippen MR) is 63.7 cm³/mol. The topological polar surface area (TPSA) is 26.3 Å². The van der Waals surface area contributed by atoms with Crippen LogP contribution < -0.4 is 0 Å². The van der Waals surface area contributed by atoms with Gasteiger partial charge in [0.15, 0.2) is 0 Å². The molecule has 0 aliphatic carbocycles. The molecule has 0 aromatic heterocycles. The molecule has 0 heterocycles. The molecule has 0 aliphatic rings. The standard InChI is InChI=1S/C13H26O2/c1-8-12(5,6)13(7,9-2)10(3)15-11(4)14/h10H,8-9H2,1-7H3/t10?,13-/m0/s1. The summed E-state index contributed by atoms with van der Waals surface area (Å²) in [5.41, 5.74) is 0.212. The lowest BCUT2D eigenvalue weighted by Crippen LogP contribution is -2.44. The van der Waals surface area contributed by atoms with Crippen molar-refractivity contribution in [1.29, 1.82) is 0 Å². The highest BCUT2D eigenvalue weighted by molar-refractivity contribution is 5.66. The van der Waals surface area contributed by atoms with E-state index >= 15 is 0 Å². The van der Waals surface area contributed by atoms with E-state index in [1.165, 1.54) is 6.92 Å². The SMILES string of the molecule is CCC(C)(C)[C@@](C)(CC)C(C)OC(C)=O. The van der Waals surface area contributed by atoms with E-state index < -0.39 is 0 Å². The van der Waals surface area contributed by atoms with E-state index in [4.69, 9.17) is 4.74 Å². The summed E-state index contributed by atoms with van der Waals surface area (Å²) in [5, 5.41) is 0. The molecule has 0 aromatic carbocycles. The molecular formula is C13H26O2. The molecule has 2 atom stereocenters. The number of ether oxygens (including phenoxy) is 1. The molecule has 0 fully saturated rings. The van der Waals surface area contributed by atoms with Crippen molar-refractivity contribution in [3.63, 3.8) is 0 Å². The Morgan fingerprint density at radius 3 is 1.93 bits per heavy atom. The first-order valence-corrected chi connectivity index (χ1v) is 5.88. The maximum atomic E-state index is 11.0. The van der Waals surface area contributed by atoms with Gasteiger partial charge in [-0.1, -0.05) is 41.0 Å². The van der Waals surface area contributed by atoms with Gasteiger partial charge in [-0.2, -0.15) is 0 Å². The Labute approximate surface area is 94.4 Å². The van der Waals surface area contributed by atoms with Gasteiger partial charge in [0.2, 0.25) is 0 Å². The minimum atomic E-state index is -0.186. The van der Waals surface area contributed by atoms with Crippen molar-refractivity contribution in [3.05, 3.63) is 0 Å². The lowest BCUT2D eigenvalue weighted by Gasteiger charge is -2.47. The van der Waals surface area contributed by atoms with Crippen molar-refractivity contribution in [2.45, 2.75) is 67.4 Å². The van der Waals surface area contributed by atoms with Crippen LogP contribution in [0.1, 0.15) is 61.3 Å². The number of hydrogen-bond acceptors (Lipinski definition) is 2. The number of carbonyl (C=O) groups is 1. The van der Waals surface area contributed by atoms with Crippen molar-refractivity contribution < 1.29 is 9.53 Å². The fourth-order valence-electron chi connectivity index (χ4n) is 2.10. The molecule has 0 rings (SSSR count). The molecule has 0 aliphatic heterocycles. The van der Waals surface area contributed by atoms with Gasteiger partial charge in [-0.25, -0.2) is 0 Å². The summed E-state index contributed by atoms with van der Waals surface area (Å²) in [6.07, 6.45) is 2.07. The molecule has 0 aromatic rings. The zero-order valence-corrected chi connectivity index (χ0v) is 11.3. The molecule has 2 nitrogen and oxygen atoms in total. The second kappa shape index (κ2) is 5.00. The summed E-state index contributed by atoms with van der Waals surface area (Å²) in [6, 6.07) is 0. The Hall–Kier alpha value is -0.530. The van der Waals surface area contributed by atoms with Gasteiger partial charge in [-0.05, 0) is 18.8 Å². The Morgan fingerprint density at radius 1 is 1.20 bits per heavy atom. The summed E-state index contributed by atoms with van der Waals surface area (Å²) in [6.45, 7) is 14.5. The lowest BCUT2D eigenvalue weighted by atomic mass is 9.61. The van der Waals surface area contributed by atoms with Crippen molar-refractivity contribution in [2.24, 2.45) is 10.8 Å². The summed E-state index contributed by atoms with van der Waals surface area (Å²) >= 11 is 0. The van der Waals surface area contributed by atoms with Crippen LogP contribution in [-0.4, -0.2) is 12.1 Å². The van der Waals surface area contributed by atoms with E-state index in [1.54, 1.807) is 0 Å². The molecule has 0 N–H and O–H groups in total. The van der Waals surface area contributed by atoms with Crippen LogP contribution in [0.5, 0.6) is 0 Å². The molecule has 0 spiro atoms. The van der Waals surface area contributed by atoms with E-state index in [9.17, 15) is 4.79 Å². The van der Waals surface area contributed by atoms with Crippen LogP contribution in [-0.2, 0) is 9.53 Å². The molecule has 0 saturated carbocycles. The van der Waals surface area contributed by atoms with Gasteiger partial charge in [0.05, 0.1) is 0 Å². The summed E-state index contributed by atoms with van der Waals surface area (Å²) < 4.78 is 5.36. The number of hydrogen-bond donors (Lipinski definition) is 0. The zero-order chi connectivity index (χ0) is 12.3. The van der Waals surface area contributed by atoms with E-state index in [-0.39, 0.29) is 22.9 Å². The van der Waals surface area contributed by atoms with Crippen LogP contribution in [0.4, 0.5) is 0 Å². The van der Waals surface area contributed by atoms with Crippen LogP contribution in [0.2, 0.25) is 0 Å². The second-order valence-electron chi connectivity index (χ2n) is 5.26. The fourth-order valence-corrected chi connectivity index (χ4v) is 2.10. The summed E-state index contributed by atoms with van der Waals surface area (Å²) in [5.74, 6) is -0.186. The first-order valence-electron chi connectivity index (χ1n) is 5.88. The van der Waals surface area contributed by atoms with Crippen LogP contribution in [0.15, 0.2) is 0 Å². The third-order valence-electron chi connectivity index (χ3n) is 4.40. The van der Waals surface area contributed by atoms with Gasteiger partial charge in [0.25, 0.3) is 0 Å². The molecule has 0 amide bonds. The maximum absolute atomic E-state index is 11.0. The van der Waals surface area contributed by atoms with E-state index in [2.05, 4.69) is 34.6 Å². The van der Waals surface area contributed by atoms with Gasteiger partial charge in [0, 0.05) is 12.3 Å². The minimum absolute atomic E-state index is 0.0325.